The quantitative estimate of drug-likeness (QED) is 0.413. The van der Waals surface area contributed by atoms with Gasteiger partial charge in [-0.3, -0.25) is 4.79 Å². The lowest BCUT2D eigenvalue weighted by atomic mass is 10.1. The Bertz CT molecular complexity index is 1270. The molecule has 33 heavy (non-hydrogen) atoms. The van der Waals surface area contributed by atoms with E-state index in [9.17, 15) is 4.79 Å². The second-order valence-electron chi connectivity index (χ2n) is 8.10. The van der Waals surface area contributed by atoms with E-state index in [4.69, 9.17) is 4.74 Å². The fourth-order valence-corrected chi connectivity index (χ4v) is 3.96. The van der Waals surface area contributed by atoms with Crippen LogP contribution in [-0.4, -0.2) is 49.7 Å². The topological polar surface area (TPSA) is 110 Å². The molecule has 1 fully saturated rings. The molecule has 5 rings (SSSR count). The summed E-state index contributed by atoms with van der Waals surface area (Å²) in [6, 6.07) is 7.68. The molecule has 9 nitrogen and oxygen atoms in total. The van der Waals surface area contributed by atoms with E-state index >= 15 is 0 Å². The molecule has 0 radical (unpaired) electrons. The average Bonchev–Trinajstić information content (AvgIpc) is 3.53. The van der Waals surface area contributed by atoms with Crippen molar-refractivity contribution < 1.29 is 9.53 Å². The summed E-state index contributed by atoms with van der Waals surface area (Å²) < 4.78 is 7.45. The molecular weight excluding hydrogens is 418 g/mol. The molecule has 0 spiro atoms. The fourth-order valence-electron chi connectivity index (χ4n) is 3.96. The Balaban J connectivity index is 0.00000259. The monoisotopic (exact) mass is 447 g/mol. The van der Waals surface area contributed by atoms with Gasteiger partial charge in [0.15, 0.2) is 0 Å². The van der Waals surface area contributed by atoms with Gasteiger partial charge in [-0.1, -0.05) is 7.43 Å². The zero-order valence-electron chi connectivity index (χ0n) is 18.1. The van der Waals surface area contributed by atoms with Gasteiger partial charge < -0.3 is 24.9 Å². The van der Waals surface area contributed by atoms with Crippen molar-refractivity contribution in [3.63, 3.8) is 0 Å². The summed E-state index contributed by atoms with van der Waals surface area (Å²) in [5.41, 5.74) is 4.86. The van der Waals surface area contributed by atoms with Crippen LogP contribution in [0, 0.1) is 6.92 Å². The van der Waals surface area contributed by atoms with E-state index in [1.54, 1.807) is 12.5 Å². The van der Waals surface area contributed by atoms with Gasteiger partial charge >= 0.3 is 0 Å². The van der Waals surface area contributed by atoms with Crippen molar-refractivity contribution in [1.29, 1.82) is 0 Å². The van der Waals surface area contributed by atoms with Crippen LogP contribution >= 0.6 is 0 Å². The molecule has 4 aromatic rings. The third kappa shape index (κ3) is 4.88. The number of imidazole rings is 1. The smallest absolute Gasteiger partial charge is 0.267 e. The summed E-state index contributed by atoms with van der Waals surface area (Å²) in [4.78, 5) is 29.1. The summed E-state index contributed by atoms with van der Waals surface area (Å²) in [5.74, 6) is 0.356. The molecule has 3 aromatic heterocycles. The minimum absolute atomic E-state index is 0. The van der Waals surface area contributed by atoms with Gasteiger partial charge in [0, 0.05) is 49.2 Å². The van der Waals surface area contributed by atoms with Crippen LogP contribution in [0.5, 0.6) is 0 Å². The second kappa shape index (κ2) is 9.41. The first kappa shape index (κ1) is 22.5. The number of nitrogens with zero attached hydrogens (tertiary/aromatic N) is 4. The van der Waals surface area contributed by atoms with E-state index in [1.165, 1.54) is 0 Å². The van der Waals surface area contributed by atoms with Crippen molar-refractivity contribution in [2.75, 3.05) is 18.5 Å². The van der Waals surface area contributed by atoms with Crippen LogP contribution in [0.2, 0.25) is 0 Å². The molecule has 1 saturated heterocycles. The molecule has 0 bridgehead atoms. The number of aryl methyl sites for hydroxylation is 2. The average molecular weight is 448 g/mol. The molecule has 3 N–H and O–H groups in total. The van der Waals surface area contributed by atoms with Crippen LogP contribution in [0.3, 0.4) is 0 Å². The predicted molar refractivity (Wildman–Crippen MR) is 129 cm³/mol. The number of carbonyl (C=O) groups is 1. The molecule has 0 aliphatic carbocycles. The first-order valence-corrected chi connectivity index (χ1v) is 10.7. The lowest BCUT2D eigenvalue weighted by Crippen LogP contribution is -2.31. The molecular formula is C24H29N7O2. The Kier molecular flexibility index (Phi) is 6.41. The number of benzene rings is 1. The SMILES string of the molecule is C.Cc1cc(Nc2nccc(-c3cn(C)cn3)n2)cc2cc(C(=O)NC[C@@H]3CCCO3)[nH]c12. The van der Waals surface area contributed by atoms with Crippen molar-refractivity contribution in [1.82, 2.24) is 29.8 Å². The van der Waals surface area contributed by atoms with Gasteiger partial charge in [0.25, 0.3) is 5.91 Å². The standard InChI is InChI=1S/C23H25N7O2.CH4/c1-14-8-16(27-23-24-6-5-18(29-23)20-12-30(2)13-26-20)9-15-10-19(28-21(14)15)22(31)25-11-17-4-3-7-32-17;/h5-6,8-10,12-13,17,28H,3-4,7,11H2,1-2H3,(H,25,31)(H,24,27,29);1H4/t17-;/m0./s1. The highest BCUT2D eigenvalue weighted by Gasteiger charge is 2.18. The van der Waals surface area contributed by atoms with Crippen molar-refractivity contribution in [2.45, 2.75) is 33.3 Å². The second-order valence-corrected chi connectivity index (χ2v) is 8.10. The Hall–Kier alpha value is -3.72. The molecule has 4 heterocycles. The van der Waals surface area contributed by atoms with Crippen molar-refractivity contribution in [3.05, 3.63) is 54.2 Å². The number of amides is 1. The number of anilines is 2. The summed E-state index contributed by atoms with van der Waals surface area (Å²) in [6.07, 6.45) is 7.51. The highest BCUT2D eigenvalue weighted by atomic mass is 16.5. The van der Waals surface area contributed by atoms with Crippen LogP contribution in [0.1, 0.15) is 36.3 Å². The Labute approximate surface area is 192 Å². The van der Waals surface area contributed by atoms with E-state index in [1.807, 2.05) is 49.0 Å². The van der Waals surface area contributed by atoms with Gasteiger partial charge in [-0.15, -0.1) is 0 Å². The molecule has 172 valence electrons. The maximum Gasteiger partial charge on any atom is 0.267 e. The maximum absolute atomic E-state index is 12.6. The molecule has 0 saturated carbocycles. The number of aromatic amines is 1. The summed E-state index contributed by atoms with van der Waals surface area (Å²) in [5, 5.41) is 7.17. The van der Waals surface area contributed by atoms with Crippen molar-refractivity contribution in [3.8, 4) is 11.4 Å². The summed E-state index contributed by atoms with van der Waals surface area (Å²) >= 11 is 0. The number of nitrogens with one attached hydrogen (secondary N) is 3. The van der Waals surface area contributed by atoms with Gasteiger partial charge in [0.2, 0.25) is 5.95 Å². The highest BCUT2D eigenvalue weighted by Crippen LogP contribution is 2.26. The maximum atomic E-state index is 12.6. The van der Waals surface area contributed by atoms with Crippen LogP contribution in [-0.2, 0) is 11.8 Å². The van der Waals surface area contributed by atoms with Gasteiger partial charge in [0.1, 0.15) is 11.4 Å². The first-order chi connectivity index (χ1) is 15.5. The number of ether oxygens (including phenoxy) is 1. The van der Waals surface area contributed by atoms with Crippen LogP contribution in [0.25, 0.3) is 22.3 Å². The Morgan fingerprint density at radius 2 is 2.15 bits per heavy atom. The van der Waals surface area contributed by atoms with E-state index < -0.39 is 0 Å². The summed E-state index contributed by atoms with van der Waals surface area (Å²) in [6.45, 7) is 3.31. The molecule has 1 aliphatic rings. The predicted octanol–water partition coefficient (Wildman–Crippen LogP) is 3.96. The largest absolute Gasteiger partial charge is 0.376 e. The number of hydrogen-bond acceptors (Lipinski definition) is 6. The van der Waals surface area contributed by atoms with Gasteiger partial charge in [-0.2, -0.15) is 0 Å². The number of H-pyrrole nitrogens is 1. The molecule has 1 aliphatic heterocycles. The first-order valence-electron chi connectivity index (χ1n) is 10.7. The van der Waals surface area contributed by atoms with E-state index in [-0.39, 0.29) is 19.4 Å². The molecule has 9 heteroatoms. The van der Waals surface area contributed by atoms with Gasteiger partial charge in [-0.05, 0) is 49.6 Å². The van der Waals surface area contributed by atoms with Crippen LogP contribution < -0.4 is 10.6 Å². The van der Waals surface area contributed by atoms with Gasteiger partial charge in [-0.25, -0.2) is 15.0 Å². The summed E-state index contributed by atoms with van der Waals surface area (Å²) in [7, 11) is 1.92. The zero-order chi connectivity index (χ0) is 22.1. The molecule has 0 unspecified atom stereocenters. The van der Waals surface area contributed by atoms with Gasteiger partial charge in [0.05, 0.1) is 18.1 Å². The van der Waals surface area contributed by atoms with Crippen LogP contribution in [0.4, 0.5) is 11.6 Å². The number of hydrogen-bond donors (Lipinski definition) is 3. The minimum atomic E-state index is -0.128. The third-order valence-electron chi connectivity index (χ3n) is 5.56. The number of aromatic nitrogens is 5. The van der Waals surface area contributed by atoms with Crippen LogP contribution in [0.15, 0.2) is 43.0 Å². The number of carbonyl (C=O) groups excluding carboxylic acids is 1. The molecule has 1 aromatic carbocycles. The Morgan fingerprint density at radius 3 is 2.91 bits per heavy atom. The fraction of sp³-hybridized carbons (Fsp3) is 0.333. The van der Waals surface area contributed by atoms with Crippen molar-refractivity contribution in [2.24, 2.45) is 7.05 Å². The minimum Gasteiger partial charge on any atom is -0.376 e. The lowest BCUT2D eigenvalue weighted by molar-refractivity contribution is 0.0854. The molecule has 1 amide bonds. The highest BCUT2D eigenvalue weighted by molar-refractivity contribution is 5.99. The zero-order valence-corrected chi connectivity index (χ0v) is 18.1. The van der Waals surface area contributed by atoms with E-state index in [2.05, 4.69) is 30.6 Å². The van der Waals surface area contributed by atoms with E-state index in [0.29, 0.717) is 18.2 Å². The normalized spacial score (nSPS) is 15.4. The molecule has 1 atom stereocenters. The third-order valence-corrected chi connectivity index (χ3v) is 5.56. The van der Waals surface area contributed by atoms with Crippen molar-refractivity contribution >= 4 is 28.4 Å². The number of rotatable bonds is 6. The Morgan fingerprint density at radius 1 is 1.27 bits per heavy atom. The number of fused-ring (bicyclic) bond motifs is 1. The lowest BCUT2D eigenvalue weighted by Gasteiger charge is -2.09. The van der Waals surface area contributed by atoms with E-state index in [0.717, 1.165) is 53.0 Å².